The van der Waals surface area contributed by atoms with E-state index in [0.29, 0.717) is 11.4 Å². The molecule has 1 heterocycles. The number of aromatic nitrogens is 2. The van der Waals surface area contributed by atoms with E-state index >= 15 is 0 Å². The Hall–Kier alpha value is -3.41. The summed E-state index contributed by atoms with van der Waals surface area (Å²) in [7, 11) is 0. The average molecular weight is 391 g/mol. The van der Waals surface area contributed by atoms with Crippen LogP contribution in [-0.4, -0.2) is 26.5 Å². The summed E-state index contributed by atoms with van der Waals surface area (Å²) in [4.78, 5) is 28.6. The molecule has 0 fully saturated rings. The zero-order valence-corrected chi connectivity index (χ0v) is 17.1. The minimum absolute atomic E-state index is 0.215. The van der Waals surface area contributed by atoms with Crippen molar-refractivity contribution in [2.45, 2.75) is 40.2 Å². The number of carbonyl (C=O) groups excluding carboxylic acids is 1. The Morgan fingerprint density at radius 1 is 1.07 bits per heavy atom. The number of carbonyl (C=O) groups is 2. The molecule has 0 saturated carbocycles. The number of amides is 1. The van der Waals surface area contributed by atoms with Gasteiger partial charge in [0.05, 0.1) is 17.3 Å². The van der Waals surface area contributed by atoms with Crippen LogP contribution >= 0.6 is 0 Å². The largest absolute Gasteiger partial charge is 0.478 e. The number of aryl methyl sites for hydroxylation is 3. The van der Waals surface area contributed by atoms with Crippen molar-refractivity contribution < 1.29 is 14.7 Å². The predicted octanol–water partition coefficient (Wildman–Crippen LogP) is 4.24. The molecule has 150 valence electrons. The van der Waals surface area contributed by atoms with E-state index in [4.69, 9.17) is 5.11 Å². The first kappa shape index (κ1) is 20.3. The Balaban J connectivity index is 1.88. The van der Waals surface area contributed by atoms with Crippen molar-refractivity contribution in [2.75, 3.05) is 0 Å². The summed E-state index contributed by atoms with van der Waals surface area (Å²) in [6, 6.07) is 14.3. The lowest BCUT2D eigenvalue weighted by Gasteiger charge is -2.17. The lowest BCUT2D eigenvalue weighted by molar-refractivity contribution is 0.0696. The highest BCUT2D eigenvalue weighted by molar-refractivity contribution is 5.94. The molecule has 3 aromatic rings. The molecule has 6 heteroatoms. The number of aromatic carboxylic acids is 1. The van der Waals surface area contributed by atoms with Crippen LogP contribution in [0.2, 0.25) is 0 Å². The second-order valence-corrected chi connectivity index (χ2v) is 7.07. The fourth-order valence-corrected chi connectivity index (χ4v) is 3.39. The number of hydrogen-bond donors (Lipinski definition) is 2. The molecule has 1 amide bonds. The fraction of sp³-hybridized carbons (Fsp3) is 0.261. The highest BCUT2D eigenvalue weighted by Crippen LogP contribution is 2.21. The van der Waals surface area contributed by atoms with Crippen molar-refractivity contribution in [2.24, 2.45) is 0 Å². The summed E-state index contributed by atoms with van der Waals surface area (Å²) in [5.74, 6) is -0.454. The first-order valence-electron chi connectivity index (χ1n) is 9.61. The lowest BCUT2D eigenvalue weighted by atomic mass is 10.1. The Labute approximate surface area is 170 Å². The summed E-state index contributed by atoms with van der Waals surface area (Å²) < 4.78 is 1.87. The highest BCUT2D eigenvalue weighted by Gasteiger charge is 2.22. The molecule has 0 aliphatic heterocycles. The van der Waals surface area contributed by atoms with Crippen molar-refractivity contribution in [1.82, 2.24) is 14.9 Å². The van der Waals surface area contributed by atoms with Gasteiger partial charge in [0.15, 0.2) is 0 Å². The Morgan fingerprint density at radius 3 is 2.24 bits per heavy atom. The Morgan fingerprint density at radius 2 is 1.69 bits per heavy atom. The molecule has 2 N–H and O–H groups in total. The first-order valence-corrected chi connectivity index (χ1v) is 9.61. The summed E-state index contributed by atoms with van der Waals surface area (Å²) in [5.41, 5.74) is 4.33. The van der Waals surface area contributed by atoms with E-state index in [9.17, 15) is 9.59 Å². The van der Waals surface area contributed by atoms with Gasteiger partial charge in [-0.05, 0) is 62.6 Å². The molecule has 0 unspecified atom stereocenters. The minimum Gasteiger partial charge on any atom is -0.478 e. The van der Waals surface area contributed by atoms with Gasteiger partial charge in [-0.25, -0.2) is 9.78 Å². The summed E-state index contributed by atoms with van der Waals surface area (Å²) >= 11 is 0. The summed E-state index contributed by atoms with van der Waals surface area (Å²) in [6.07, 6.45) is 0.952. The standard InChI is InChI=1S/C23H25N3O3/c1-5-17-6-12-20(13-7-17)26-16(4)24-15(3)21(26)22(27)25-14(2)18-8-10-19(11-9-18)23(28)29/h6-14H,5H2,1-4H3,(H,25,27)(H,28,29)/t14-/m0/s1. The van der Waals surface area contributed by atoms with E-state index in [2.05, 4.69) is 29.4 Å². The minimum atomic E-state index is -0.975. The van der Waals surface area contributed by atoms with Gasteiger partial charge in [0.1, 0.15) is 11.5 Å². The number of rotatable bonds is 6. The molecule has 0 radical (unpaired) electrons. The van der Waals surface area contributed by atoms with Crippen LogP contribution in [0, 0.1) is 13.8 Å². The number of carboxylic acids is 1. The molecule has 0 aliphatic rings. The zero-order valence-electron chi connectivity index (χ0n) is 17.1. The van der Waals surface area contributed by atoms with E-state index in [1.165, 1.54) is 17.7 Å². The second kappa shape index (κ2) is 8.31. The summed E-state index contributed by atoms with van der Waals surface area (Å²) in [6.45, 7) is 7.67. The van der Waals surface area contributed by atoms with Gasteiger partial charge in [-0.15, -0.1) is 0 Å². The summed E-state index contributed by atoms with van der Waals surface area (Å²) in [5, 5.41) is 12.0. The topological polar surface area (TPSA) is 84.2 Å². The molecule has 0 bridgehead atoms. The van der Waals surface area contributed by atoms with Crippen LogP contribution in [-0.2, 0) is 6.42 Å². The Bertz CT molecular complexity index is 1030. The Kier molecular flexibility index (Phi) is 5.82. The number of nitrogens with zero attached hydrogens (tertiary/aromatic N) is 2. The van der Waals surface area contributed by atoms with Crippen molar-refractivity contribution in [3.05, 3.63) is 82.4 Å². The van der Waals surface area contributed by atoms with Crippen molar-refractivity contribution in [1.29, 1.82) is 0 Å². The van der Waals surface area contributed by atoms with E-state index in [1.54, 1.807) is 12.1 Å². The molecule has 2 aromatic carbocycles. The monoisotopic (exact) mass is 391 g/mol. The fourth-order valence-electron chi connectivity index (χ4n) is 3.39. The van der Waals surface area contributed by atoms with Gasteiger partial charge in [0.2, 0.25) is 0 Å². The van der Waals surface area contributed by atoms with Crippen LogP contribution in [0.3, 0.4) is 0 Å². The highest BCUT2D eigenvalue weighted by atomic mass is 16.4. The number of hydrogen-bond acceptors (Lipinski definition) is 3. The van der Waals surface area contributed by atoms with Crippen molar-refractivity contribution in [3.8, 4) is 5.69 Å². The predicted molar refractivity (Wildman–Crippen MR) is 112 cm³/mol. The number of imidazole rings is 1. The normalized spacial score (nSPS) is 11.9. The first-order chi connectivity index (χ1) is 13.8. The van der Waals surface area contributed by atoms with Gasteiger partial charge in [-0.2, -0.15) is 0 Å². The lowest BCUT2D eigenvalue weighted by Crippen LogP contribution is -2.29. The maximum atomic E-state index is 13.1. The van der Waals surface area contributed by atoms with E-state index in [-0.39, 0.29) is 17.5 Å². The van der Waals surface area contributed by atoms with Gasteiger partial charge in [0.25, 0.3) is 5.91 Å². The van der Waals surface area contributed by atoms with Gasteiger partial charge in [-0.1, -0.05) is 31.2 Å². The molecular weight excluding hydrogens is 366 g/mol. The second-order valence-electron chi connectivity index (χ2n) is 7.07. The SMILES string of the molecule is CCc1ccc(-n2c(C)nc(C)c2C(=O)N[C@@H](C)c2ccc(C(=O)O)cc2)cc1. The molecule has 6 nitrogen and oxygen atoms in total. The smallest absolute Gasteiger partial charge is 0.335 e. The number of carboxylic acid groups (broad SMARTS) is 1. The third-order valence-corrected chi connectivity index (χ3v) is 5.04. The van der Waals surface area contributed by atoms with Crippen LogP contribution in [0.1, 0.15) is 63.4 Å². The zero-order chi connectivity index (χ0) is 21.1. The third kappa shape index (κ3) is 4.21. The molecule has 0 spiro atoms. The van der Waals surface area contributed by atoms with Crippen LogP contribution < -0.4 is 5.32 Å². The van der Waals surface area contributed by atoms with Crippen LogP contribution in [0.15, 0.2) is 48.5 Å². The quantitative estimate of drug-likeness (QED) is 0.658. The molecule has 1 atom stereocenters. The van der Waals surface area contributed by atoms with Gasteiger partial charge in [-0.3, -0.25) is 9.36 Å². The van der Waals surface area contributed by atoms with Gasteiger partial charge in [0, 0.05) is 5.69 Å². The van der Waals surface area contributed by atoms with Crippen molar-refractivity contribution >= 4 is 11.9 Å². The van der Waals surface area contributed by atoms with E-state index in [1.807, 2.05) is 37.5 Å². The number of nitrogens with one attached hydrogen (secondary N) is 1. The molecule has 3 rings (SSSR count). The molecule has 1 aromatic heterocycles. The van der Waals surface area contributed by atoms with Crippen LogP contribution in [0.5, 0.6) is 0 Å². The molecule has 0 saturated heterocycles. The molecule has 29 heavy (non-hydrogen) atoms. The third-order valence-electron chi connectivity index (χ3n) is 5.04. The molecule has 0 aliphatic carbocycles. The van der Waals surface area contributed by atoms with Gasteiger partial charge < -0.3 is 10.4 Å². The van der Waals surface area contributed by atoms with Gasteiger partial charge >= 0.3 is 5.97 Å². The average Bonchev–Trinajstić information content (AvgIpc) is 3.01. The van der Waals surface area contributed by atoms with Crippen LogP contribution in [0.4, 0.5) is 0 Å². The van der Waals surface area contributed by atoms with Crippen LogP contribution in [0.25, 0.3) is 5.69 Å². The molecular formula is C23H25N3O3. The van der Waals surface area contributed by atoms with E-state index < -0.39 is 5.97 Å². The maximum absolute atomic E-state index is 13.1. The van der Waals surface area contributed by atoms with E-state index in [0.717, 1.165) is 23.5 Å². The maximum Gasteiger partial charge on any atom is 0.335 e. The number of benzene rings is 2. The van der Waals surface area contributed by atoms with Crippen molar-refractivity contribution in [3.63, 3.8) is 0 Å².